The van der Waals surface area contributed by atoms with Crippen LogP contribution in [0.3, 0.4) is 0 Å². The highest BCUT2D eigenvalue weighted by molar-refractivity contribution is 5.74. The van der Waals surface area contributed by atoms with Gasteiger partial charge in [0.15, 0.2) is 0 Å². The van der Waals surface area contributed by atoms with Gasteiger partial charge in [0.25, 0.3) is 0 Å². The van der Waals surface area contributed by atoms with Crippen molar-refractivity contribution in [3.05, 3.63) is 94.6 Å². The van der Waals surface area contributed by atoms with Gasteiger partial charge in [-0.25, -0.2) is 0 Å². The molecule has 1 aromatic rings. The smallest absolute Gasteiger partial charge is 0.145 e. The molecule has 2 fully saturated rings. The van der Waals surface area contributed by atoms with Crippen molar-refractivity contribution >= 4 is 6.29 Å². The molecule has 1 aromatic carbocycles. The Morgan fingerprint density at radius 1 is 1.18 bits per heavy atom. The topological polar surface area (TPSA) is 122 Å². The van der Waals surface area contributed by atoms with Gasteiger partial charge in [0.2, 0.25) is 0 Å². The van der Waals surface area contributed by atoms with Crippen LogP contribution in [0, 0.1) is 17.3 Å². The van der Waals surface area contributed by atoms with Gasteiger partial charge in [0, 0.05) is 24.5 Å². The summed E-state index contributed by atoms with van der Waals surface area (Å²) in [7, 11) is 1.86. The Hall–Kier alpha value is -2.65. The first-order valence-corrected chi connectivity index (χ1v) is 18.5. The lowest BCUT2D eigenvalue weighted by molar-refractivity contribution is -0.181. The standard InChI is InChI=1S/C42H64N2O5/c1-6-44-29-32(3)15-10-13-31(2)14-11-18-36(39(47)21-20-34-16-8-7-9-17-34)37-23-25-42(40(37)48)38(19-12-28-45)35(33(4)30-46)22-24-41(42,49)26-27-43-5/h7-9,11,14-18,30,37-40,43-45,47-49H,2,6,10,12-13,19-29H2,1,3-5H3/t37-,38+,39-,40-,41+,42-/m1/s1. The number of benzene rings is 1. The maximum Gasteiger partial charge on any atom is 0.145 e. The number of likely N-dealkylation sites (N-methyl/N-ethyl adjacent to an activating group) is 1. The molecule has 6 N–H and O–H groups in total. The van der Waals surface area contributed by atoms with Crippen molar-refractivity contribution in [2.75, 3.05) is 33.3 Å². The largest absolute Gasteiger partial charge is 0.396 e. The highest BCUT2D eigenvalue weighted by Crippen LogP contribution is 2.64. The molecule has 49 heavy (non-hydrogen) atoms. The van der Waals surface area contributed by atoms with Crippen molar-refractivity contribution < 1.29 is 25.2 Å². The van der Waals surface area contributed by atoms with Crippen LogP contribution >= 0.6 is 0 Å². The minimum absolute atomic E-state index is 0.00249. The van der Waals surface area contributed by atoms with E-state index in [1.165, 1.54) is 5.57 Å². The van der Waals surface area contributed by atoms with Crippen LogP contribution in [0.15, 0.2) is 89.1 Å². The summed E-state index contributed by atoms with van der Waals surface area (Å²) < 4.78 is 0. The third kappa shape index (κ3) is 10.4. The Morgan fingerprint density at radius 2 is 1.94 bits per heavy atom. The number of nitrogens with one attached hydrogen (secondary N) is 2. The second-order valence-electron chi connectivity index (χ2n) is 14.4. The van der Waals surface area contributed by atoms with Crippen molar-refractivity contribution in [1.82, 2.24) is 10.6 Å². The fourth-order valence-corrected chi connectivity index (χ4v) is 8.52. The van der Waals surface area contributed by atoms with Crippen molar-refractivity contribution in [1.29, 1.82) is 0 Å². The van der Waals surface area contributed by atoms with E-state index >= 15 is 0 Å². The molecule has 2 aliphatic carbocycles. The Kier molecular flexibility index (Phi) is 16.9. The van der Waals surface area contributed by atoms with Gasteiger partial charge in [-0.1, -0.05) is 84.9 Å². The van der Waals surface area contributed by atoms with Gasteiger partial charge in [0.1, 0.15) is 6.29 Å². The SMILES string of the molecule is C=C(C=CC=C([C@H](O)CCc1ccccc1)[C@H]1CC[C@]2([C@@H]1O)[C@@H](CCCO)C(=C(C)C=O)CC[C@]2(O)CCNC)CCC=C(C)CNCC. The first-order chi connectivity index (χ1) is 23.6. The molecule has 7 heteroatoms. The number of carbonyl (C=O) groups is 1. The molecule has 6 atom stereocenters. The van der Waals surface area contributed by atoms with E-state index in [-0.39, 0.29) is 18.4 Å². The highest BCUT2D eigenvalue weighted by Gasteiger charge is 2.65. The zero-order valence-electron chi connectivity index (χ0n) is 30.6. The minimum Gasteiger partial charge on any atom is -0.396 e. The summed E-state index contributed by atoms with van der Waals surface area (Å²) in [6, 6.07) is 10.1. The molecule has 0 saturated heterocycles. The number of aliphatic hydroxyl groups is 4. The van der Waals surface area contributed by atoms with Crippen molar-refractivity contribution in [3.8, 4) is 0 Å². The monoisotopic (exact) mass is 676 g/mol. The molecule has 2 saturated carbocycles. The summed E-state index contributed by atoms with van der Waals surface area (Å²) in [6.45, 7) is 12.7. The first kappa shape index (κ1) is 40.8. The maximum atomic E-state index is 12.6. The third-order valence-corrected chi connectivity index (χ3v) is 11.2. The van der Waals surface area contributed by atoms with E-state index < -0.39 is 23.2 Å². The Morgan fingerprint density at radius 3 is 2.61 bits per heavy atom. The summed E-state index contributed by atoms with van der Waals surface area (Å²) in [5, 5.41) is 53.5. The Labute approximate surface area is 296 Å². The highest BCUT2D eigenvalue weighted by atomic mass is 16.3. The van der Waals surface area contributed by atoms with E-state index in [1.807, 2.05) is 50.4 Å². The van der Waals surface area contributed by atoms with E-state index in [0.29, 0.717) is 69.9 Å². The molecule has 7 nitrogen and oxygen atoms in total. The molecule has 0 radical (unpaired) electrons. The van der Waals surface area contributed by atoms with E-state index in [2.05, 4.69) is 49.3 Å². The van der Waals surface area contributed by atoms with Gasteiger partial charge in [-0.05, 0) is 127 Å². The minimum atomic E-state index is -1.18. The lowest BCUT2D eigenvalue weighted by Crippen LogP contribution is -2.61. The first-order valence-electron chi connectivity index (χ1n) is 18.5. The average molecular weight is 677 g/mol. The lowest BCUT2D eigenvalue weighted by atomic mass is 9.51. The maximum absolute atomic E-state index is 12.6. The predicted octanol–water partition coefficient (Wildman–Crippen LogP) is 6.15. The number of aliphatic hydroxyl groups excluding tert-OH is 3. The molecular formula is C42H64N2O5. The van der Waals surface area contributed by atoms with Crippen LogP contribution in [0.5, 0.6) is 0 Å². The van der Waals surface area contributed by atoms with Crippen molar-refractivity contribution in [2.45, 2.75) is 109 Å². The normalized spacial score (nSPS) is 28.0. The van der Waals surface area contributed by atoms with E-state index in [9.17, 15) is 25.2 Å². The average Bonchev–Trinajstić information content (AvgIpc) is 3.45. The van der Waals surface area contributed by atoms with Gasteiger partial charge in [0.05, 0.1) is 17.8 Å². The van der Waals surface area contributed by atoms with E-state index in [4.69, 9.17) is 0 Å². The zero-order chi connectivity index (χ0) is 35.9. The van der Waals surface area contributed by atoms with Gasteiger partial charge in [-0.15, -0.1) is 0 Å². The Balaban J connectivity index is 2.00. The van der Waals surface area contributed by atoms with Gasteiger partial charge in [-0.2, -0.15) is 0 Å². The molecule has 1 spiro atoms. The number of hydrogen-bond donors (Lipinski definition) is 6. The number of allylic oxidation sites excluding steroid dienone is 7. The molecule has 0 aromatic heterocycles. The summed E-state index contributed by atoms with van der Waals surface area (Å²) in [4.78, 5) is 12.1. The number of hydrogen-bond acceptors (Lipinski definition) is 7. The van der Waals surface area contributed by atoms with Crippen LogP contribution in [-0.4, -0.2) is 77.8 Å². The molecule has 0 amide bonds. The second kappa shape index (κ2) is 20.3. The summed E-state index contributed by atoms with van der Waals surface area (Å²) in [5.74, 6) is -0.642. The van der Waals surface area contributed by atoms with Crippen LogP contribution < -0.4 is 10.6 Å². The van der Waals surface area contributed by atoms with Gasteiger partial charge >= 0.3 is 0 Å². The molecule has 0 heterocycles. The van der Waals surface area contributed by atoms with Gasteiger partial charge < -0.3 is 31.1 Å². The Bertz CT molecular complexity index is 1320. The molecule has 0 aliphatic heterocycles. The number of aldehydes is 1. The molecule has 2 aliphatic rings. The molecule has 3 rings (SSSR count). The van der Waals surface area contributed by atoms with Crippen molar-refractivity contribution in [3.63, 3.8) is 0 Å². The van der Waals surface area contributed by atoms with Crippen LogP contribution in [0.2, 0.25) is 0 Å². The number of carbonyl (C=O) groups excluding carboxylic acids is 1. The summed E-state index contributed by atoms with van der Waals surface area (Å²) in [6.07, 6.45) is 14.0. The fourth-order valence-electron chi connectivity index (χ4n) is 8.52. The van der Waals surface area contributed by atoms with Crippen LogP contribution in [0.1, 0.15) is 90.5 Å². The van der Waals surface area contributed by atoms with Crippen LogP contribution in [0.4, 0.5) is 0 Å². The summed E-state index contributed by atoms with van der Waals surface area (Å²) >= 11 is 0. The number of aryl methyl sites for hydroxylation is 1. The predicted molar refractivity (Wildman–Crippen MR) is 201 cm³/mol. The van der Waals surface area contributed by atoms with Crippen LogP contribution in [0.25, 0.3) is 0 Å². The molecular weight excluding hydrogens is 612 g/mol. The number of rotatable bonds is 20. The molecule has 272 valence electrons. The van der Waals surface area contributed by atoms with E-state index in [0.717, 1.165) is 54.5 Å². The van der Waals surface area contributed by atoms with Crippen LogP contribution in [-0.2, 0) is 11.2 Å². The lowest BCUT2D eigenvalue weighted by Gasteiger charge is -2.57. The van der Waals surface area contributed by atoms with Gasteiger partial charge in [-0.3, -0.25) is 4.79 Å². The fraction of sp³-hybridized carbons (Fsp3) is 0.595. The molecule has 0 unspecified atom stereocenters. The zero-order valence-corrected chi connectivity index (χ0v) is 30.6. The summed E-state index contributed by atoms with van der Waals surface area (Å²) in [5.41, 5.74) is 3.74. The quantitative estimate of drug-likeness (QED) is 0.0424. The third-order valence-electron chi connectivity index (χ3n) is 11.2. The van der Waals surface area contributed by atoms with E-state index in [1.54, 1.807) is 0 Å². The second-order valence-corrected chi connectivity index (χ2v) is 14.4. The van der Waals surface area contributed by atoms with Crippen molar-refractivity contribution in [2.24, 2.45) is 17.3 Å². The molecule has 0 bridgehead atoms.